The van der Waals surface area contributed by atoms with Crippen LogP contribution in [-0.4, -0.2) is 21.9 Å². The predicted octanol–water partition coefficient (Wildman–Crippen LogP) is 2.06. The highest BCUT2D eigenvalue weighted by Crippen LogP contribution is 2.41. The lowest BCUT2D eigenvalue weighted by Crippen LogP contribution is -2.24. The first-order chi connectivity index (χ1) is 9.78. The van der Waals surface area contributed by atoms with Crippen LogP contribution in [0, 0.1) is 5.92 Å². The Hall–Kier alpha value is -1.88. The number of hydrogen-bond donors (Lipinski definition) is 1. The van der Waals surface area contributed by atoms with Crippen LogP contribution >= 0.6 is 0 Å². The second kappa shape index (κ2) is 5.63. The summed E-state index contributed by atoms with van der Waals surface area (Å²) in [5, 5.41) is 11.6. The highest BCUT2D eigenvalue weighted by Gasteiger charge is 2.32. The number of aromatic nitrogens is 3. The maximum absolute atomic E-state index is 5.22. The van der Waals surface area contributed by atoms with Gasteiger partial charge in [0, 0.05) is 13.1 Å². The fraction of sp³-hybridized carbons (Fsp3) is 0.467. The molecular formula is C15H20N4O. The molecule has 0 aliphatic heterocycles. The van der Waals surface area contributed by atoms with Gasteiger partial charge in [-0.3, -0.25) is 0 Å². The molecule has 1 aromatic carbocycles. The summed E-state index contributed by atoms with van der Waals surface area (Å²) in [7, 11) is 3.66. The van der Waals surface area contributed by atoms with Crippen molar-refractivity contribution in [1.82, 2.24) is 20.1 Å². The smallest absolute Gasteiger partial charge is 0.146 e. The van der Waals surface area contributed by atoms with Crippen molar-refractivity contribution >= 4 is 0 Å². The Bertz CT molecular complexity index is 560. The topological polar surface area (TPSA) is 52.0 Å². The molecular weight excluding hydrogens is 252 g/mol. The third-order valence-electron chi connectivity index (χ3n) is 3.85. The molecule has 0 saturated heterocycles. The molecule has 1 saturated carbocycles. The molecule has 1 atom stereocenters. The lowest BCUT2D eigenvalue weighted by Gasteiger charge is -2.18. The van der Waals surface area contributed by atoms with E-state index in [1.165, 1.54) is 18.4 Å². The summed E-state index contributed by atoms with van der Waals surface area (Å²) in [4.78, 5) is 0. The Morgan fingerprint density at radius 3 is 2.65 bits per heavy atom. The first-order valence-corrected chi connectivity index (χ1v) is 6.98. The first-order valence-electron chi connectivity index (χ1n) is 6.98. The second-order valence-electron chi connectivity index (χ2n) is 5.33. The van der Waals surface area contributed by atoms with Gasteiger partial charge in [0.15, 0.2) is 0 Å². The molecule has 106 valence electrons. The Kier molecular flexibility index (Phi) is 3.69. The zero-order chi connectivity index (χ0) is 13.9. The molecule has 1 aliphatic rings. The van der Waals surface area contributed by atoms with Gasteiger partial charge in [-0.2, -0.15) is 0 Å². The quantitative estimate of drug-likeness (QED) is 0.874. The van der Waals surface area contributed by atoms with Gasteiger partial charge < -0.3 is 14.6 Å². The Balaban J connectivity index is 1.70. The van der Waals surface area contributed by atoms with E-state index in [1.807, 2.05) is 23.7 Å². The van der Waals surface area contributed by atoms with Gasteiger partial charge in [-0.15, -0.1) is 10.2 Å². The van der Waals surface area contributed by atoms with Gasteiger partial charge in [-0.05, 0) is 36.5 Å². The number of rotatable bonds is 6. The minimum absolute atomic E-state index is 0.387. The predicted molar refractivity (Wildman–Crippen MR) is 76.3 cm³/mol. The normalized spacial score (nSPS) is 16.1. The van der Waals surface area contributed by atoms with Crippen molar-refractivity contribution in [3.63, 3.8) is 0 Å². The molecule has 0 amide bonds. The van der Waals surface area contributed by atoms with Gasteiger partial charge in [0.05, 0.1) is 13.7 Å². The molecule has 1 heterocycles. The van der Waals surface area contributed by atoms with Gasteiger partial charge >= 0.3 is 0 Å². The maximum Gasteiger partial charge on any atom is 0.146 e. The van der Waals surface area contributed by atoms with E-state index in [0.29, 0.717) is 6.04 Å². The number of methoxy groups -OCH3 is 1. The minimum Gasteiger partial charge on any atom is -0.497 e. The first kappa shape index (κ1) is 13.1. The molecule has 1 N–H and O–H groups in total. The van der Waals surface area contributed by atoms with E-state index in [1.54, 1.807) is 13.4 Å². The Morgan fingerprint density at radius 1 is 1.35 bits per heavy atom. The van der Waals surface area contributed by atoms with Crippen molar-refractivity contribution in [3.05, 3.63) is 42.0 Å². The summed E-state index contributed by atoms with van der Waals surface area (Å²) in [5.74, 6) is 2.59. The average molecular weight is 272 g/mol. The van der Waals surface area contributed by atoms with Crippen LogP contribution in [0.3, 0.4) is 0 Å². The van der Waals surface area contributed by atoms with Crippen LogP contribution < -0.4 is 10.1 Å². The van der Waals surface area contributed by atoms with Crippen LogP contribution in [0.25, 0.3) is 0 Å². The molecule has 0 radical (unpaired) electrons. The summed E-state index contributed by atoms with van der Waals surface area (Å²) >= 11 is 0. The number of hydrogen-bond acceptors (Lipinski definition) is 4. The van der Waals surface area contributed by atoms with Crippen molar-refractivity contribution in [2.75, 3.05) is 7.11 Å². The van der Waals surface area contributed by atoms with Gasteiger partial charge in [-0.25, -0.2) is 0 Å². The molecule has 0 bridgehead atoms. The van der Waals surface area contributed by atoms with Crippen LogP contribution in [0.2, 0.25) is 0 Å². The van der Waals surface area contributed by atoms with E-state index in [2.05, 4.69) is 27.6 Å². The Morgan fingerprint density at radius 2 is 2.10 bits per heavy atom. The molecule has 5 nitrogen and oxygen atoms in total. The molecule has 2 aromatic rings. The fourth-order valence-electron chi connectivity index (χ4n) is 2.47. The molecule has 1 aliphatic carbocycles. The summed E-state index contributed by atoms with van der Waals surface area (Å²) in [6.45, 7) is 0.740. The van der Waals surface area contributed by atoms with Gasteiger partial charge in [0.1, 0.15) is 17.9 Å². The van der Waals surface area contributed by atoms with E-state index in [4.69, 9.17) is 4.74 Å². The largest absolute Gasteiger partial charge is 0.497 e. The van der Waals surface area contributed by atoms with Gasteiger partial charge in [-0.1, -0.05) is 12.1 Å². The van der Waals surface area contributed by atoms with Crippen LogP contribution in [0.4, 0.5) is 0 Å². The molecule has 3 rings (SSSR count). The molecule has 1 unspecified atom stereocenters. The Labute approximate surface area is 119 Å². The lowest BCUT2D eigenvalue weighted by atomic mass is 10.0. The number of nitrogens with zero attached hydrogens (tertiary/aromatic N) is 3. The van der Waals surface area contributed by atoms with E-state index < -0.39 is 0 Å². The molecule has 20 heavy (non-hydrogen) atoms. The SMILES string of the molecule is COc1ccc(C(NCc2nncn2C)C2CC2)cc1. The van der Waals surface area contributed by atoms with E-state index >= 15 is 0 Å². The summed E-state index contributed by atoms with van der Waals surface area (Å²) in [6.07, 6.45) is 4.32. The van der Waals surface area contributed by atoms with Crippen molar-refractivity contribution < 1.29 is 4.74 Å². The van der Waals surface area contributed by atoms with Crippen molar-refractivity contribution in [3.8, 4) is 5.75 Å². The summed E-state index contributed by atoms with van der Waals surface area (Å²) in [6, 6.07) is 8.72. The van der Waals surface area contributed by atoms with Gasteiger partial charge in [0.2, 0.25) is 0 Å². The molecule has 0 spiro atoms. The van der Waals surface area contributed by atoms with Crippen LogP contribution in [-0.2, 0) is 13.6 Å². The number of aryl methyl sites for hydroxylation is 1. The fourth-order valence-corrected chi connectivity index (χ4v) is 2.47. The van der Waals surface area contributed by atoms with E-state index in [9.17, 15) is 0 Å². The van der Waals surface area contributed by atoms with Crippen molar-refractivity contribution in [2.24, 2.45) is 13.0 Å². The third-order valence-corrected chi connectivity index (χ3v) is 3.85. The number of ether oxygens (including phenoxy) is 1. The number of nitrogens with one attached hydrogen (secondary N) is 1. The number of benzene rings is 1. The summed E-state index contributed by atoms with van der Waals surface area (Å²) < 4.78 is 7.17. The van der Waals surface area contributed by atoms with Crippen LogP contribution in [0.1, 0.15) is 30.3 Å². The highest BCUT2D eigenvalue weighted by molar-refractivity contribution is 5.30. The zero-order valence-electron chi connectivity index (χ0n) is 11.9. The highest BCUT2D eigenvalue weighted by atomic mass is 16.5. The van der Waals surface area contributed by atoms with Crippen LogP contribution in [0.15, 0.2) is 30.6 Å². The van der Waals surface area contributed by atoms with Crippen molar-refractivity contribution in [1.29, 1.82) is 0 Å². The monoisotopic (exact) mass is 272 g/mol. The summed E-state index contributed by atoms with van der Waals surface area (Å²) in [5.41, 5.74) is 1.32. The minimum atomic E-state index is 0.387. The van der Waals surface area contributed by atoms with Crippen molar-refractivity contribution in [2.45, 2.75) is 25.4 Å². The molecule has 1 aromatic heterocycles. The maximum atomic E-state index is 5.22. The van der Waals surface area contributed by atoms with E-state index in [0.717, 1.165) is 24.0 Å². The van der Waals surface area contributed by atoms with Gasteiger partial charge in [0.25, 0.3) is 0 Å². The lowest BCUT2D eigenvalue weighted by molar-refractivity contribution is 0.413. The third kappa shape index (κ3) is 2.82. The standard InChI is InChI=1S/C15H20N4O/c1-19-10-17-18-14(19)9-16-15(11-3-4-11)12-5-7-13(20-2)8-6-12/h5-8,10-11,15-16H,3-4,9H2,1-2H3. The molecule has 5 heteroatoms. The zero-order valence-corrected chi connectivity index (χ0v) is 11.9. The molecule has 1 fully saturated rings. The second-order valence-corrected chi connectivity index (χ2v) is 5.33. The van der Waals surface area contributed by atoms with E-state index in [-0.39, 0.29) is 0 Å². The average Bonchev–Trinajstić information content (AvgIpc) is 3.23. The van der Waals surface area contributed by atoms with Crippen LogP contribution in [0.5, 0.6) is 5.75 Å².